The number of hydrogen-bond donors (Lipinski definition) is 2. The number of aryl methyl sites for hydroxylation is 1. The van der Waals surface area contributed by atoms with Crippen LogP contribution in [0.4, 0.5) is 0 Å². The molecule has 0 aliphatic carbocycles. The second kappa shape index (κ2) is 4.80. The molecule has 0 radical (unpaired) electrons. The van der Waals surface area contributed by atoms with E-state index < -0.39 is 6.10 Å². The van der Waals surface area contributed by atoms with E-state index in [-0.39, 0.29) is 0 Å². The average Bonchev–Trinajstić information content (AvgIpc) is 2.74. The molecule has 0 aliphatic rings. The molecule has 4 heteroatoms. The molecule has 1 atom stereocenters. The lowest BCUT2D eigenvalue weighted by Crippen LogP contribution is -2.04. The summed E-state index contributed by atoms with van der Waals surface area (Å²) in [5.41, 5.74) is 2.04. The Labute approximate surface area is 103 Å². The van der Waals surface area contributed by atoms with Gasteiger partial charge in [-0.15, -0.1) is 0 Å². The zero-order valence-electron chi connectivity index (χ0n) is 8.94. The smallest absolute Gasteiger partial charge is 0.108 e. The van der Waals surface area contributed by atoms with Crippen molar-refractivity contribution in [1.82, 2.24) is 9.97 Å². The molecule has 0 amide bonds. The number of aromatic nitrogens is 2. The fourth-order valence-corrected chi connectivity index (χ4v) is 2.13. The fraction of sp³-hybridized carbons (Fsp3) is 0.250. The summed E-state index contributed by atoms with van der Waals surface area (Å²) in [5, 5.41) is 10.1. The highest BCUT2D eigenvalue weighted by molar-refractivity contribution is 9.10. The fourth-order valence-electron chi connectivity index (χ4n) is 1.62. The summed E-state index contributed by atoms with van der Waals surface area (Å²) in [7, 11) is 0. The lowest BCUT2D eigenvalue weighted by Gasteiger charge is -2.12. The predicted molar refractivity (Wildman–Crippen MR) is 66.1 cm³/mol. The van der Waals surface area contributed by atoms with Gasteiger partial charge in [-0.3, -0.25) is 0 Å². The second-order valence-electron chi connectivity index (χ2n) is 3.78. The van der Waals surface area contributed by atoms with Crippen molar-refractivity contribution in [2.75, 3.05) is 0 Å². The van der Waals surface area contributed by atoms with Gasteiger partial charge in [-0.25, -0.2) is 4.98 Å². The molecule has 1 heterocycles. The van der Waals surface area contributed by atoms with Crippen LogP contribution in [0.3, 0.4) is 0 Å². The van der Waals surface area contributed by atoms with Crippen molar-refractivity contribution < 1.29 is 5.11 Å². The zero-order valence-corrected chi connectivity index (χ0v) is 10.5. The summed E-state index contributed by atoms with van der Waals surface area (Å²) in [5.74, 6) is 0.793. The van der Waals surface area contributed by atoms with Crippen LogP contribution < -0.4 is 0 Å². The highest BCUT2D eigenvalue weighted by atomic mass is 79.9. The predicted octanol–water partition coefficient (Wildman–Crippen LogP) is 2.76. The highest BCUT2D eigenvalue weighted by Gasteiger charge is 2.13. The van der Waals surface area contributed by atoms with Gasteiger partial charge >= 0.3 is 0 Å². The van der Waals surface area contributed by atoms with Crippen molar-refractivity contribution in [2.24, 2.45) is 0 Å². The molecule has 1 aromatic heterocycles. The molecule has 0 bridgehead atoms. The SMILES string of the molecule is Cc1ccc(Br)c(C(O)Cc2ncc[nH]2)c1. The van der Waals surface area contributed by atoms with Crippen LogP contribution in [0.15, 0.2) is 35.1 Å². The number of nitrogens with one attached hydrogen (secondary N) is 1. The quantitative estimate of drug-likeness (QED) is 0.908. The minimum Gasteiger partial charge on any atom is -0.388 e. The van der Waals surface area contributed by atoms with Crippen LogP contribution in [0.2, 0.25) is 0 Å². The number of halogens is 1. The maximum atomic E-state index is 10.1. The molecule has 2 N–H and O–H groups in total. The normalized spacial score (nSPS) is 12.7. The summed E-state index contributed by atoms with van der Waals surface area (Å²) >= 11 is 3.44. The van der Waals surface area contributed by atoms with Gasteiger partial charge in [0.05, 0.1) is 6.10 Å². The van der Waals surface area contributed by atoms with E-state index in [0.29, 0.717) is 6.42 Å². The van der Waals surface area contributed by atoms with Crippen LogP contribution in [-0.4, -0.2) is 15.1 Å². The van der Waals surface area contributed by atoms with Crippen LogP contribution in [0.1, 0.15) is 23.1 Å². The Morgan fingerprint density at radius 1 is 1.50 bits per heavy atom. The molecule has 3 nitrogen and oxygen atoms in total. The van der Waals surface area contributed by atoms with Gasteiger partial charge in [-0.05, 0) is 18.6 Å². The standard InChI is InChI=1S/C12H13BrN2O/c1-8-2-3-10(13)9(6-8)11(16)7-12-14-4-5-15-12/h2-6,11,16H,7H2,1H3,(H,14,15). The van der Waals surface area contributed by atoms with E-state index in [0.717, 1.165) is 21.4 Å². The Hall–Kier alpha value is -1.13. The number of H-pyrrole nitrogens is 1. The molecule has 0 saturated heterocycles. The van der Waals surface area contributed by atoms with Gasteiger partial charge in [-0.1, -0.05) is 33.6 Å². The first-order valence-corrected chi connectivity index (χ1v) is 5.88. The van der Waals surface area contributed by atoms with Gasteiger partial charge in [-0.2, -0.15) is 0 Å². The van der Waals surface area contributed by atoms with Gasteiger partial charge in [0, 0.05) is 23.3 Å². The third-order valence-electron chi connectivity index (χ3n) is 2.45. The van der Waals surface area contributed by atoms with E-state index in [1.165, 1.54) is 0 Å². The Kier molecular flexibility index (Phi) is 3.41. The van der Waals surface area contributed by atoms with Gasteiger partial charge in [0.1, 0.15) is 5.82 Å². The molecule has 0 aliphatic heterocycles. The van der Waals surface area contributed by atoms with E-state index in [1.54, 1.807) is 12.4 Å². The Morgan fingerprint density at radius 3 is 3.00 bits per heavy atom. The summed E-state index contributed by atoms with van der Waals surface area (Å²) in [6, 6.07) is 5.95. The van der Waals surface area contributed by atoms with Crippen molar-refractivity contribution in [3.05, 3.63) is 52.0 Å². The number of aliphatic hydroxyl groups excluding tert-OH is 1. The Bertz CT molecular complexity index is 468. The molecule has 1 unspecified atom stereocenters. The van der Waals surface area contributed by atoms with E-state index >= 15 is 0 Å². The molecular weight excluding hydrogens is 268 g/mol. The molecule has 1 aromatic carbocycles. The molecule has 2 rings (SSSR count). The monoisotopic (exact) mass is 280 g/mol. The zero-order chi connectivity index (χ0) is 11.5. The van der Waals surface area contributed by atoms with Gasteiger partial charge in [0.15, 0.2) is 0 Å². The van der Waals surface area contributed by atoms with E-state index in [4.69, 9.17) is 0 Å². The number of aliphatic hydroxyl groups is 1. The van der Waals surface area contributed by atoms with Crippen molar-refractivity contribution >= 4 is 15.9 Å². The lowest BCUT2D eigenvalue weighted by atomic mass is 10.0. The average molecular weight is 281 g/mol. The maximum absolute atomic E-state index is 10.1. The molecule has 0 fully saturated rings. The summed E-state index contributed by atoms with van der Waals surface area (Å²) in [4.78, 5) is 7.09. The van der Waals surface area contributed by atoms with E-state index in [2.05, 4.69) is 25.9 Å². The first-order chi connectivity index (χ1) is 7.66. The molecule has 0 spiro atoms. The first-order valence-electron chi connectivity index (χ1n) is 5.09. The molecule has 16 heavy (non-hydrogen) atoms. The molecular formula is C12H13BrN2O. The molecule has 0 saturated carbocycles. The number of hydrogen-bond acceptors (Lipinski definition) is 2. The van der Waals surface area contributed by atoms with Crippen molar-refractivity contribution in [3.8, 4) is 0 Å². The third kappa shape index (κ3) is 2.51. The number of benzene rings is 1. The topological polar surface area (TPSA) is 48.9 Å². The second-order valence-corrected chi connectivity index (χ2v) is 4.64. The van der Waals surface area contributed by atoms with Crippen molar-refractivity contribution in [1.29, 1.82) is 0 Å². The maximum Gasteiger partial charge on any atom is 0.108 e. The van der Waals surface area contributed by atoms with Crippen LogP contribution in [0, 0.1) is 6.92 Å². The number of rotatable bonds is 3. The van der Waals surface area contributed by atoms with E-state index in [1.807, 2.05) is 25.1 Å². The summed E-state index contributed by atoms with van der Waals surface area (Å²) in [6.07, 6.45) is 3.40. The highest BCUT2D eigenvalue weighted by Crippen LogP contribution is 2.26. The minimum atomic E-state index is -0.541. The Morgan fingerprint density at radius 2 is 2.31 bits per heavy atom. The van der Waals surface area contributed by atoms with Crippen molar-refractivity contribution in [2.45, 2.75) is 19.4 Å². The van der Waals surface area contributed by atoms with Gasteiger partial charge < -0.3 is 10.1 Å². The third-order valence-corrected chi connectivity index (χ3v) is 3.17. The largest absolute Gasteiger partial charge is 0.388 e. The molecule has 2 aromatic rings. The number of nitrogens with zero attached hydrogens (tertiary/aromatic N) is 1. The van der Waals surface area contributed by atoms with Crippen LogP contribution in [0.25, 0.3) is 0 Å². The van der Waals surface area contributed by atoms with Crippen molar-refractivity contribution in [3.63, 3.8) is 0 Å². The number of aromatic amines is 1. The van der Waals surface area contributed by atoms with Crippen LogP contribution in [0.5, 0.6) is 0 Å². The van der Waals surface area contributed by atoms with Gasteiger partial charge in [0.2, 0.25) is 0 Å². The first kappa shape index (κ1) is 11.4. The van der Waals surface area contributed by atoms with Crippen LogP contribution in [-0.2, 0) is 6.42 Å². The van der Waals surface area contributed by atoms with Crippen LogP contribution >= 0.6 is 15.9 Å². The number of imidazole rings is 1. The van der Waals surface area contributed by atoms with E-state index in [9.17, 15) is 5.11 Å². The van der Waals surface area contributed by atoms with Gasteiger partial charge in [0.25, 0.3) is 0 Å². The summed E-state index contributed by atoms with van der Waals surface area (Å²) < 4.78 is 0.928. The summed E-state index contributed by atoms with van der Waals surface area (Å²) in [6.45, 7) is 2.01. The Balaban J connectivity index is 2.20. The molecule has 84 valence electrons. The minimum absolute atomic E-state index is 0.495. The lowest BCUT2D eigenvalue weighted by molar-refractivity contribution is 0.175.